The zero-order chi connectivity index (χ0) is 16.9. The second-order valence-corrected chi connectivity index (χ2v) is 6.29. The average molecular weight is 325 g/mol. The van der Waals surface area contributed by atoms with Crippen molar-refractivity contribution in [1.29, 1.82) is 0 Å². The molecular weight excluding hydrogens is 302 g/mol. The van der Waals surface area contributed by atoms with Crippen LogP contribution in [0, 0.1) is 6.92 Å². The molecule has 5 heteroatoms. The molecule has 0 spiro atoms. The summed E-state index contributed by atoms with van der Waals surface area (Å²) in [7, 11) is 1.64. The number of carbonyl (C=O) groups excluding carboxylic acids is 1. The molecule has 0 radical (unpaired) electrons. The number of methoxy groups -OCH3 is 1. The SMILES string of the molecule is COc1cccc(CC(=O)N2CCC[C@@H](c3cncc(C)n3)C2)c1. The zero-order valence-electron chi connectivity index (χ0n) is 14.2. The number of aryl methyl sites for hydroxylation is 1. The predicted molar refractivity (Wildman–Crippen MR) is 92.0 cm³/mol. The van der Waals surface area contributed by atoms with Gasteiger partial charge in [0.25, 0.3) is 0 Å². The third kappa shape index (κ3) is 3.91. The van der Waals surface area contributed by atoms with Crippen molar-refractivity contribution in [2.75, 3.05) is 20.2 Å². The third-order valence-electron chi connectivity index (χ3n) is 4.46. The fraction of sp³-hybridized carbons (Fsp3) is 0.421. The molecule has 24 heavy (non-hydrogen) atoms. The Morgan fingerprint density at radius 2 is 2.25 bits per heavy atom. The summed E-state index contributed by atoms with van der Waals surface area (Å²) >= 11 is 0. The van der Waals surface area contributed by atoms with Crippen molar-refractivity contribution in [3.8, 4) is 5.75 Å². The van der Waals surface area contributed by atoms with Gasteiger partial charge >= 0.3 is 0 Å². The van der Waals surface area contributed by atoms with Crippen LogP contribution in [0.2, 0.25) is 0 Å². The first-order chi connectivity index (χ1) is 11.7. The lowest BCUT2D eigenvalue weighted by molar-refractivity contribution is -0.131. The van der Waals surface area contributed by atoms with E-state index in [2.05, 4.69) is 9.97 Å². The van der Waals surface area contributed by atoms with Crippen molar-refractivity contribution in [1.82, 2.24) is 14.9 Å². The van der Waals surface area contributed by atoms with Crippen LogP contribution in [-0.2, 0) is 11.2 Å². The Morgan fingerprint density at radius 3 is 3.04 bits per heavy atom. The summed E-state index contributed by atoms with van der Waals surface area (Å²) in [6, 6.07) is 7.70. The van der Waals surface area contributed by atoms with E-state index >= 15 is 0 Å². The highest BCUT2D eigenvalue weighted by atomic mass is 16.5. The van der Waals surface area contributed by atoms with Crippen LogP contribution >= 0.6 is 0 Å². The lowest BCUT2D eigenvalue weighted by Crippen LogP contribution is -2.40. The van der Waals surface area contributed by atoms with E-state index in [9.17, 15) is 4.79 Å². The van der Waals surface area contributed by atoms with Gasteiger partial charge in [-0.25, -0.2) is 0 Å². The van der Waals surface area contributed by atoms with Gasteiger partial charge in [0.05, 0.1) is 24.9 Å². The monoisotopic (exact) mass is 325 g/mol. The van der Waals surface area contributed by atoms with Crippen LogP contribution < -0.4 is 4.74 Å². The van der Waals surface area contributed by atoms with Gasteiger partial charge in [0, 0.05) is 31.4 Å². The Kier molecular flexibility index (Phi) is 5.08. The second kappa shape index (κ2) is 7.43. The first kappa shape index (κ1) is 16.4. The van der Waals surface area contributed by atoms with Crippen molar-refractivity contribution in [3.05, 3.63) is 53.6 Å². The topological polar surface area (TPSA) is 55.3 Å². The summed E-state index contributed by atoms with van der Waals surface area (Å²) in [6.45, 7) is 3.49. The molecule has 5 nitrogen and oxygen atoms in total. The highest BCUT2D eigenvalue weighted by Gasteiger charge is 2.25. The Balaban J connectivity index is 1.66. The number of hydrogen-bond donors (Lipinski definition) is 0. The number of carbonyl (C=O) groups is 1. The predicted octanol–water partition coefficient (Wildman–Crippen LogP) is 2.74. The fourth-order valence-electron chi connectivity index (χ4n) is 3.19. The van der Waals surface area contributed by atoms with Crippen LogP contribution in [0.3, 0.4) is 0 Å². The molecule has 2 aromatic rings. The first-order valence-electron chi connectivity index (χ1n) is 8.35. The van der Waals surface area contributed by atoms with E-state index in [-0.39, 0.29) is 11.8 Å². The minimum atomic E-state index is 0.161. The van der Waals surface area contributed by atoms with Gasteiger partial charge in [-0.1, -0.05) is 12.1 Å². The van der Waals surface area contributed by atoms with Crippen molar-refractivity contribution < 1.29 is 9.53 Å². The molecule has 1 fully saturated rings. The number of piperidine rings is 1. The van der Waals surface area contributed by atoms with Crippen molar-refractivity contribution in [2.45, 2.75) is 32.1 Å². The second-order valence-electron chi connectivity index (χ2n) is 6.29. The van der Waals surface area contributed by atoms with Gasteiger partial charge in [0.1, 0.15) is 5.75 Å². The normalized spacial score (nSPS) is 17.6. The molecule has 0 unspecified atom stereocenters. The molecule has 126 valence electrons. The number of aromatic nitrogens is 2. The number of nitrogens with zero attached hydrogens (tertiary/aromatic N) is 3. The van der Waals surface area contributed by atoms with Crippen LogP contribution in [0.4, 0.5) is 0 Å². The molecule has 1 aromatic carbocycles. The Labute approximate surface area is 142 Å². The molecule has 1 aromatic heterocycles. The number of amides is 1. The fourth-order valence-corrected chi connectivity index (χ4v) is 3.19. The number of ether oxygens (including phenoxy) is 1. The molecule has 1 atom stereocenters. The molecule has 2 heterocycles. The van der Waals surface area contributed by atoms with Gasteiger partial charge in [-0.15, -0.1) is 0 Å². The molecule has 1 aliphatic rings. The Morgan fingerprint density at radius 1 is 1.38 bits per heavy atom. The molecule has 1 amide bonds. The molecule has 0 aliphatic carbocycles. The summed E-state index contributed by atoms with van der Waals surface area (Å²) < 4.78 is 5.23. The summed E-state index contributed by atoms with van der Waals surface area (Å²) in [5.41, 5.74) is 2.90. The van der Waals surface area contributed by atoms with Gasteiger partial charge in [-0.05, 0) is 37.5 Å². The van der Waals surface area contributed by atoms with E-state index in [4.69, 9.17) is 4.74 Å². The van der Waals surface area contributed by atoms with Crippen LogP contribution in [-0.4, -0.2) is 41.0 Å². The Hall–Kier alpha value is -2.43. The highest BCUT2D eigenvalue weighted by molar-refractivity contribution is 5.79. The van der Waals surface area contributed by atoms with E-state index < -0.39 is 0 Å². The standard InChI is InChI=1S/C19H23N3O2/c1-14-11-20-12-18(21-14)16-6-4-8-22(13-16)19(23)10-15-5-3-7-17(9-15)24-2/h3,5,7,9,11-12,16H,4,6,8,10,13H2,1-2H3/t16-/m1/s1. The number of rotatable bonds is 4. The van der Waals surface area contributed by atoms with E-state index in [1.165, 1.54) is 0 Å². The van der Waals surface area contributed by atoms with Crippen LogP contribution in [0.5, 0.6) is 5.75 Å². The summed E-state index contributed by atoms with van der Waals surface area (Å²) in [6.07, 6.45) is 6.06. The number of benzene rings is 1. The number of likely N-dealkylation sites (tertiary alicyclic amines) is 1. The maximum Gasteiger partial charge on any atom is 0.227 e. The van der Waals surface area contributed by atoms with Crippen LogP contribution in [0.1, 0.15) is 35.7 Å². The third-order valence-corrected chi connectivity index (χ3v) is 4.46. The maximum atomic E-state index is 12.7. The van der Waals surface area contributed by atoms with Crippen LogP contribution in [0.15, 0.2) is 36.7 Å². The maximum absolute atomic E-state index is 12.7. The number of hydrogen-bond acceptors (Lipinski definition) is 4. The lowest BCUT2D eigenvalue weighted by Gasteiger charge is -2.32. The summed E-state index contributed by atoms with van der Waals surface area (Å²) in [4.78, 5) is 23.4. The smallest absolute Gasteiger partial charge is 0.227 e. The van der Waals surface area contributed by atoms with Crippen LogP contribution in [0.25, 0.3) is 0 Å². The largest absolute Gasteiger partial charge is 0.497 e. The molecule has 0 bridgehead atoms. The van der Waals surface area contributed by atoms with Gasteiger partial charge in [0.2, 0.25) is 5.91 Å². The molecule has 1 aliphatic heterocycles. The van der Waals surface area contributed by atoms with E-state index in [1.54, 1.807) is 13.3 Å². The zero-order valence-corrected chi connectivity index (χ0v) is 14.2. The van der Waals surface area contributed by atoms with E-state index in [1.807, 2.05) is 42.3 Å². The summed E-state index contributed by atoms with van der Waals surface area (Å²) in [5, 5.41) is 0. The van der Waals surface area contributed by atoms with Gasteiger partial charge < -0.3 is 9.64 Å². The van der Waals surface area contributed by atoms with Crippen molar-refractivity contribution >= 4 is 5.91 Å². The van der Waals surface area contributed by atoms with E-state index in [0.29, 0.717) is 6.42 Å². The highest BCUT2D eigenvalue weighted by Crippen LogP contribution is 2.26. The van der Waals surface area contributed by atoms with E-state index in [0.717, 1.165) is 48.6 Å². The molecule has 0 N–H and O–H groups in total. The minimum Gasteiger partial charge on any atom is -0.497 e. The molecule has 0 saturated carbocycles. The lowest BCUT2D eigenvalue weighted by atomic mass is 9.94. The van der Waals surface area contributed by atoms with Gasteiger partial charge in [0.15, 0.2) is 0 Å². The average Bonchev–Trinajstić information content (AvgIpc) is 2.62. The van der Waals surface area contributed by atoms with Gasteiger partial charge in [-0.3, -0.25) is 14.8 Å². The molecule has 3 rings (SSSR count). The summed E-state index contributed by atoms with van der Waals surface area (Å²) in [5.74, 6) is 1.22. The van der Waals surface area contributed by atoms with Gasteiger partial charge in [-0.2, -0.15) is 0 Å². The quantitative estimate of drug-likeness (QED) is 0.867. The van der Waals surface area contributed by atoms with Crippen molar-refractivity contribution in [2.24, 2.45) is 0 Å². The minimum absolute atomic E-state index is 0.161. The first-order valence-corrected chi connectivity index (χ1v) is 8.35. The molecular formula is C19H23N3O2. The Bertz CT molecular complexity index is 717. The van der Waals surface area contributed by atoms with Crippen molar-refractivity contribution in [3.63, 3.8) is 0 Å². The molecule has 1 saturated heterocycles.